The zero-order valence-corrected chi connectivity index (χ0v) is 9.21. The number of hydrogen-bond acceptors (Lipinski definition) is 1. The number of nitrogens with one attached hydrogen (secondary N) is 1. The summed E-state index contributed by atoms with van der Waals surface area (Å²) in [6.07, 6.45) is 1.01. The lowest BCUT2D eigenvalue weighted by Crippen LogP contribution is -2.46. The van der Waals surface area contributed by atoms with Gasteiger partial charge in [-0.2, -0.15) is 0 Å². The van der Waals surface area contributed by atoms with Crippen LogP contribution in [0, 0.1) is 13.8 Å². The summed E-state index contributed by atoms with van der Waals surface area (Å²) >= 11 is 0. The maximum Gasteiger partial charge on any atom is 0.321 e. The van der Waals surface area contributed by atoms with Crippen LogP contribution in [0.4, 0.5) is 10.5 Å². The van der Waals surface area contributed by atoms with Gasteiger partial charge in [-0.1, -0.05) is 6.07 Å². The summed E-state index contributed by atoms with van der Waals surface area (Å²) in [6.45, 7) is 5.71. The minimum absolute atomic E-state index is 0.0197. The molecule has 1 aromatic carbocycles. The minimum atomic E-state index is 0.0197. The first kappa shape index (κ1) is 10.0. The molecule has 15 heavy (non-hydrogen) atoms. The van der Waals surface area contributed by atoms with Crippen LogP contribution in [0.1, 0.15) is 17.5 Å². The highest BCUT2D eigenvalue weighted by Gasteiger charge is 2.19. The van der Waals surface area contributed by atoms with Crippen LogP contribution in [0.5, 0.6) is 0 Å². The van der Waals surface area contributed by atoms with Crippen molar-refractivity contribution >= 4 is 11.7 Å². The number of hydrogen-bond donors (Lipinski definition) is 1. The molecular weight excluding hydrogens is 188 g/mol. The number of carbonyl (C=O) groups is 1. The molecule has 3 nitrogen and oxygen atoms in total. The Balaban J connectivity index is 2.31. The van der Waals surface area contributed by atoms with Crippen LogP contribution in [0.15, 0.2) is 18.2 Å². The molecule has 0 spiro atoms. The number of anilines is 1. The number of urea groups is 1. The quantitative estimate of drug-likeness (QED) is 0.747. The lowest BCUT2D eigenvalue weighted by Gasteiger charge is -2.28. The second kappa shape index (κ2) is 3.93. The second-order valence-corrected chi connectivity index (χ2v) is 4.08. The summed E-state index contributed by atoms with van der Waals surface area (Å²) in [5.41, 5.74) is 3.40. The Hall–Kier alpha value is -1.51. The van der Waals surface area contributed by atoms with Crippen LogP contribution >= 0.6 is 0 Å². The van der Waals surface area contributed by atoms with Crippen molar-refractivity contribution in [1.29, 1.82) is 0 Å². The van der Waals surface area contributed by atoms with E-state index in [9.17, 15) is 4.79 Å². The molecule has 1 aromatic rings. The summed E-state index contributed by atoms with van der Waals surface area (Å²) in [6, 6.07) is 6.24. The molecule has 0 unspecified atom stereocenters. The largest absolute Gasteiger partial charge is 0.338 e. The van der Waals surface area contributed by atoms with Crippen LogP contribution in [0.2, 0.25) is 0 Å². The van der Waals surface area contributed by atoms with Crippen LogP contribution in [0.3, 0.4) is 0 Å². The summed E-state index contributed by atoms with van der Waals surface area (Å²) in [5.74, 6) is 0. The van der Waals surface area contributed by atoms with Crippen molar-refractivity contribution < 1.29 is 4.79 Å². The van der Waals surface area contributed by atoms with Crippen LogP contribution < -0.4 is 10.2 Å². The molecule has 2 rings (SSSR count). The van der Waals surface area contributed by atoms with Crippen molar-refractivity contribution in [1.82, 2.24) is 5.32 Å². The van der Waals surface area contributed by atoms with E-state index in [1.54, 1.807) is 0 Å². The van der Waals surface area contributed by atoms with Gasteiger partial charge in [0, 0.05) is 18.8 Å². The Morgan fingerprint density at radius 3 is 2.47 bits per heavy atom. The van der Waals surface area contributed by atoms with Gasteiger partial charge in [0.15, 0.2) is 0 Å². The normalized spacial score (nSPS) is 16.4. The molecule has 2 amide bonds. The van der Waals surface area contributed by atoms with Crippen molar-refractivity contribution in [3.05, 3.63) is 29.3 Å². The molecule has 0 radical (unpaired) electrons. The molecule has 1 N–H and O–H groups in total. The maximum absolute atomic E-state index is 11.6. The first-order chi connectivity index (χ1) is 7.16. The number of rotatable bonds is 1. The van der Waals surface area contributed by atoms with Gasteiger partial charge in [0.25, 0.3) is 0 Å². The first-order valence-electron chi connectivity index (χ1n) is 5.30. The maximum atomic E-state index is 11.6. The zero-order valence-electron chi connectivity index (χ0n) is 9.21. The Kier molecular flexibility index (Phi) is 2.62. The Morgan fingerprint density at radius 1 is 1.20 bits per heavy atom. The van der Waals surface area contributed by atoms with Gasteiger partial charge < -0.3 is 5.32 Å². The molecule has 0 atom stereocenters. The highest BCUT2D eigenvalue weighted by Crippen LogP contribution is 2.20. The van der Waals surface area contributed by atoms with Gasteiger partial charge >= 0.3 is 6.03 Å². The molecule has 0 saturated carbocycles. The average molecular weight is 204 g/mol. The summed E-state index contributed by atoms with van der Waals surface area (Å²) in [4.78, 5) is 13.4. The number of benzene rings is 1. The molecule has 1 heterocycles. The lowest BCUT2D eigenvalue weighted by molar-refractivity contribution is 0.243. The first-order valence-corrected chi connectivity index (χ1v) is 5.30. The van der Waals surface area contributed by atoms with Crippen molar-refractivity contribution in [2.45, 2.75) is 20.3 Å². The van der Waals surface area contributed by atoms with Gasteiger partial charge in [-0.25, -0.2) is 4.79 Å². The third kappa shape index (κ3) is 2.12. The third-order valence-electron chi connectivity index (χ3n) is 2.60. The fraction of sp³-hybridized carbons (Fsp3) is 0.417. The highest BCUT2D eigenvalue weighted by molar-refractivity contribution is 5.92. The Bertz CT molecular complexity index is 367. The number of carbonyl (C=O) groups excluding carboxylic acids is 1. The number of amides is 2. The standard InChI is InChI=1S/C12H16N2O/c1-9-6-10(2)8-11(7-9)14-5-3-4-13-12(14)15/h6-8H,3-5H2,1-2H3,(H,13,15). The van der Waals surface area contributed by atoms with Gasteiger partial charge in [-0.05, 0) is 43.5 Å². The molecule has 80 valence electrons. The monoisotopic (exact) mass is 204 g/mol. The van der Waals surface area contributed by atoms with Crippen molar-refractivity contribution in [3.63, 3.8) is 0 Å². The van der Waals surface area contributed by atoms with E-state index in [0.29, 0.717) is 0 Å². The molecular formula is C12H16N2O. The van der Waals surface area contributed by atoms with Gasteiger partial charge in [0.2, 0.25) is 0 Å². The highest BCUT2D eigenvalue weighted by atomic mass is 16.2. The summed E-state index contributed by atoms with van der Waals surface area (Å²) in [5, 5.41) is 2.86. The molecule has 0 bridgehead atoms. The van der Waals surface area contributed by atoms with E-state index in [1.165, 1.54) is 11.1 Å². The van der Waals surface area contributed by atoms with E-state index in [1.807, 2.05) is 4.90 Å². The van der Waals surface area contributed by atoms with Crippen molar-refractivity contribution in [2.75, 3.05) is 18.0 Å². The number of aryl methyl sites for hydroxylation is 2. The zero-order chi connectivity index (χ0) is 10.8. The lowest BCUT2D eigenvalue weighted by atomic mass is 10.1. The summed E-state index contributed by atoms with van der Waals surface area (Å²) < 4.78 is 0. The van der Waals surface area contributed by atoms with E-state index in [4.69, 9.17) is 0 Å². The topological polar surface area (TPSA) is 32.3 Å². The molecule has 0 aromatic heterocycles. The molecule has 1 aliphatic heterocycles. The van der Waals surface area contributed by atoms with Crippen molar-refractivity contribution in [2.24, 2.45) is 0 Å². The summed E-state index contributed by atoms with van der Waals surface area (Å²) in [7, 11) is 0. The molecule has 0 aliphatic carbocycles. The van der Waals surface area contributed by atoms with E-state index < -0.39 is 0 Å². The third-order valence-corrected chi connectivity index (χ3v) is 2.60. The van der Waals surface area contributed by atoms with Gasteiger partial charge in [0.1, 0.15) is 0 Å². The smallest absolute Gasteiger partial charge is 0.321 e. The SMILES string of the molecule is Cc1cc(C)cc(N2CCCNC2=O)c1. The van der Waals surface area contributed by atoms with Gasteiger partial charge in [-0.15, -0.1) is 0 Å². The van der Waals surface area contributed by atoms with Gasteiger partial charge in [-0.3, -0.25) is 4.90 Å². The Morgan fingerprint density at radius 2 is 1.87 bits per heavy atom. The fourth-order valence-corrected chi connectivity index (χ4v) is 1.98. The van der Waals surface area contributed by atoms with Crippen molar-refractivity contribution in [3.8, 4) is 0 Å². The van der Waals surface area contributed by atoms with Crippen LogP contribution in [0.25, 0.3) is 0 Å². The van der Waals surface area contributed by atoms with E-state index in [-0.39, 0.29) is 6.03 Å². The number of nitrogens with zero attached hydrogens (tertiary/aromatic N) is 1. The molecule has 1 saturated heterocycles. The van der Waals surface area contributed by atoms with E-state index >= 15 is 0 Å². The average Bonchev–Trinajstić information content (AvgIpc) is 2.16. The van der Waals surface area contributed by atoms with Crippen LogP contribution in [-0.4, -0.2) is 19.1 Å². The minimum Gasteiger partial charge on any atom is -0.338 e. The molecule has 1 aliphatic rings. The van der Waals surface area contributed by atoms with Crippen LogP contribution in [-0.2, 0) is 0 Å². The van der Waals surface area contributed by atoms with E-state index in [2.05, 4.69) is 37.4 Å². The fourth-order valence-electron chi connectivity index (χ4n) is 1.98. The predicted molar refractivity (Wildman–Crippen MR) is 61.3 cm³/mol. The molecule has 3 heteroatoms. The Labute approximate surface area is 90.1 Å². The second-order valence-electron chi connectivity index (χ2n) is 4.08. The van der Waals surface area contributed by atoms with Gasteiger partial charge in [0.05, 0.1) is 0 Å². The predicted octanol–water partition coefficient (Wildman–Crippen LogP) is 2.22. The van der Waals surface area contributed by atoms with E-state index in [0.717, 1.165) is 25.2 Å². The molecule has 1 fully saturated rings.